The van der Waals surface area contributed by atoms with Crippen molar-refractivity contribution in [2.75, 3.05) is 37.7 Å². The summed E-state index contributed by atoms with van der Waals surface area (Å²) in [4.78, 5) is 14.8. The maximum absolute atomic E-state index is 12.7. The van der Waals surface area contributed by atoms with Crippen LogP contribution in [-0.2, 0) is 14.8 Å². The number of sulfonamides is 1. The van der Waals surface area contributed by atoms with E-state index < -0.39 is 10.0 Å². The number of benzene rings is 2. The number of anilines is 1. The Balaban J connectivity index is 1.82. The van der Waals surface area contributed by atoms with Crippen LogP contribution in [0.3, 0.4) is 0 Å². The summed E-state index contributed by atoms with van der Waals surface area (Å²) in [6, 6.07) is 12.1. The Bertz CT molecular complexity index is 949. The van der Waals surface area contributed by atoms with E-state index in [-0.39, 0.29) is 10.8 Å². The Morgan fingerprint density at radius 1 is 1.04 bits per heavy atom. The molecule has 1 fully saturated rings. The molecule has 0 saturated carbocycles. The van der Waals surface area contributed by atoms with Gasteiger partial charge in [0.25, 0.3) is 15.9 Å². The number of carbonyl (C=O) groups excluding carboxylic acids is 1. The van der Waals surface area contributed by atoms with Crippen molar-refractivity contribution >= 4 is 21.6 Å². The van der Waals surface area contributed by atoms with Gasteiger partial charge in [0, 0.05) is 36.8 Å². The van der Waals surface area contributed by atoms with Gasteiger partial charge in [-0.3, -0.25) is 9.10 Å². The Hall–Kier alpha value is -2.38. The monoisotopic (exact) mass is 358 g/mol. The number of carbonyl (C=O) groups is 1. The van der Waals surface area contributed by atoms with Gasteiger partial charge in [0.05, 0.1) is 23.8 Å². The third kappa shape index (κ3) is 2.51. The van der Waals surface area contributed by atoms with E-state index >= 15 is 0 Å². The van der Waals surface area contributed by atoms with Gasteiger partial charge in [0.15, 0.2) is 0 Å². The molecule has 0 N–H and O–H groups in total. The molecule has 0 aromatic heterocycles. The van der Waals surface area contributed by atoms with Crippen LogP contribution >= 0.6 is 0 Å². The van der Waals surface area contributed by atoms with E-state index in [2.05, 4.69) is 0 Å². The lowest BCUT2D eigenvalue weighted by Crippen LogP contribution is -2.40. The Kier molecular flexibility index (Phi) is 3.77. The van der Waals surface area contributed by atoms with Crippen LogP contribution < -0.4 is 4.31 Å². The predicted octanol–water partition coefficient (Wildman–Crippen LogP) is 1.96. The highest BCUT2D eigenvalue weighted by Crippen LogP contribution is 2.42. The topological polar surface area (TPSA) is 66.9 Å². The molecule has 130 valence electrons. The number of morpholine rings is 1. The standard InChI is InChI=1S/C18H18N2O4S/c1-19-16-7-6-13(18(21)20-8-10-24-11-9-20)12-15(16)14-4-2-3-5-17(14)25(19,22)23/h2-7,12H,8-11H2,1H3. The van der Waals surface area contributed by atoms with E-state index in [0.29, 0.717) is 43.1 Å². The summed E-state index contributed by atoms with van der Waals surface area (Å²) in [7, 11) is -2.03. The average molecular weight is 358 g/mol. The number of rotatable bonds is 1. The minimum absolute atomic E-state index is 0.0559. The fourth-order valence-electron chi connectivity index (χ4n) is 3.30. The van der Waals surface area contributed by atoms with Crippen LogP contribution in [0.4, 0.5) is 5.69 Å². The lowest BCUT2D eigenvalue weighted by atomic mass is 10.00. The second kappa shape index (κ2) is 5.86. The van der Waals surface area contributed by atoms with E-state index in [9.17, 15) is 13.2 Å². The zero-order valence-electron chi connectivity index (χ0n) is 13.8. The minimum Gasteiger partial charge on any atom is -0.378 e. The van der Waals surface area contributed by atoms with Crippen LogP contribution in [0.1, 0.15) is 10.4 Å². The normalized spacial score (nSPS) is 18.4. The van der Waals surface area contributed by atoms with E-state index in [1.165, 1.54) is 11.4 Å². The van der Waals surface area contributed by atoms with E-state index in [1.807, 2.05) is 0 Å². The number of hydrogen-bond acceptors (Lipinski definition) is 4. The van der Waals surface area contributed by atoms with Gasteiger partial charge >= 0.3 is 0 Å². The van der Waals surface area contributed by atoms with Crippen molar-refractivity contribution < 1.29 is 17.9 Å². The van der Waals surface area contributed by atoms with Gasteiger partial charge in [-0.05, 0) is 24.3 Å². The van der Waals surface area contributed by atoms with Gasteiger partial charge in [0.1, 0.15) is 0 Å². The summed E-state index contributed by atoms with van der Waals surface area (Å²) < 4.78 is 31.9. The predicted molar refractivity (Wildman–Crippen MR) is 94.2 cm³/mol. The van der Waals surface area contributed by atoms with Gasteiger partial charge in [-0.25, -0.2) is 8.42 Å². The maximum Gasteiger partial charge on any atom is 0.264 e. The number of nitrogens with zero attached hydrogens (tertiary/aromatic N) is 2. The Labute approximate surface area is 146 Å². The highest BCUT2D eigenvalue weighted by atomic mass is 32.2. The number of fused-ring (bicyclic) bond motifs is 3. The third-order valence-corrected chi connectivity index (χ3v) is 6.53. The molecule has 2 heterocycles. The van der Waals surface area contributed by atoms with E-state index in [1.54, 1.807) is 47.4 Å². The van der Waals surface area contributed by atoms with Crippen LogP contribution in [0.25, 0.3) is 11.1 Å². The molecule has 1 amide bonds. The summed E-state index contributed by atoms with van der Waals surface area (Å²) in [5, 5.41) is 0. The van der Waals surface area contributed by atoms with Crippen molar-refractivity contribution in [2.24, 2.45) is 0 Å². The van der Waals surface area contributed by atoms with Crippen LogP contribution in [0.15, 0.2) is 47.4 Å². The van der Waals surface area contributed by atoms with Crippen molar-refractivity contribution in [2.45, 2.75) is 4.90 Å². The number of amides is 1. The fraction of sp³-hybridized carbons (Fsp3) is 0.278. The quantitative estimate of drug-likeness (QED) is 0.782. The second-order valence-electron chi connectivity index (χ2n) is 6.11. The van der Waals surface area contributed by atoms with Crippen LogP contribution in [0.5, 0.6) is 0 Å². The molecule has 0 atom stereocenters. The van der Waals surface area contributed by atoms with Crippen LogP contribution in [0.2, 0.25) is 0 Å². The molecule has 4 rings (SSSR count). The molecular weight excluding hydrogens is 340 g/mol. The first kappa shape index (κ1) is 16.1. The number of ether oxygens (including phenoxy) is 1. The molecule has 0 aliphatic carbocycles. The summed E-state index contributed by atoms with van der Waals surface area (Å²) in [6.45, 7) is 2.22. The van der Waals surface area contributed by atoms with Crippen molar-refractivity contribution in [3.05, 3.63) is 48.0 Å². The van der Waals surface area contributed by atoms with Gasteiger partial charge in [-0.2, -0.15) is 0 Å². The summed E-state index contributed by atoms with van der Waals surface area (Å²) >= 11 is 0. The summed E-state index contributed by atoms with van der Waals surface area (Å²) in [5.74, 6) is -0.0559. The van der Waals surface area contributed by atoms with Crippen LogP contribution in [-0.4, -0.2) is 52.6 Å². The zero-order valence-corrected chi connectivity index (χ0v) is 14.6. The van der Waals surface area contributed by atoms with Gasteiger partial charge in [-0.15, -0.1) is 0 Å². The molecule has 2 aromatic rings. The van der Waals surface area contributed by atoms with Crippen molar-refractivity contribution in [1.29, 1.82) is 0 Å². The smallest absolute Gasteiger partial charge is 0.264 e. The van der Waals surface area contributed by atoms with E-state index in [0.717, 1.165) is 5.56 Å². The first-order valence-electron chi connectivity index (χ1n) is 8.09. The lowest BCUT2D eigenvalue weighted by molar-refractivity contribution is 0.0303. The second-order valence-corrected chi connectivity index (χ2v) is 8.04. The van der Waals surface area contributed by atoms with Gasteiger partial charge in [0.2, 0.25) is 0 Å². The molecule has 0 spiro atoms. The van der Waals surface area contributed by atoms with Gasteiger partial charge < -0.3 is 9.64 Å². The zero-order chi connectivity index (χ0) is 17.6. The Morgan fingerprint density at radius 2 is 1.76 bits per heavy atom. The highest BCUT2D eigenvalue weighted by molar-refractivity contribution is 7.93. The van der Waals surface area contributed by atoms with Crippen LogP contribution in [0, 0.1) is 0 Å². The average Bonchev–Trinajstić information content (AvgIpc) is 2.66. The molecule has 6 nitrogen and oxygen atoms in total. The molecule has 2 aromatic carbocycles. The van der Waals surface area contributed by atoms with E-state index in [4.69, 9.17) is 4.74 Å². The summed E-state index contributed by atoms with van der Waals surface area (Å²) in [6.07, 6.45) is 0. The van der Waals surface area contributed by atoms with Crippen molar-refractivity contribution in [3.8, 4) is 11.1 Å². The fourth-order valence-corrected chi connectivity index (χ4v) is 4.72. The molecule has 2 aliphatic heterocycles. The molecule has 0 bridgehead atoms. The highest BCUT2D eigenvalue weighted by Gasteiger charge is 2.33. The molecular formula is C18H18N2O4S. The molecule has 0 radical (unpaired) electrons. The first-order chi connectivity index (χ1) is 12.0. The van der Waals surface area contributed by atoms with Crippen molar-refractivity contribution in [3.63, 3.8) is 0 Å². The molecule has 0 unspecified atom stereocenters. The van der Waals surface area contributed by atoms with Crippen molar-refractivity contribution in [1.82, 2.24) is 4.90 Å². The Morgan fingerprint density at radius 3 is 2.52 bits per heavy atom. The number of hydrogen-bond donors (Lipinski definition) is 0. The molecule has 7 heteroatoms. The third-order valence-electron chi connectivity index (χ3n) is 4.70. The molecule has 2 aliphatic rings. The first-order valence-corrected chi connectivity index (χ1v) is 9.53. The van der Waals surface area contributed by atoms with Gasteiger partial charge in [-0.1, -0.05) is 18.2 Å². The maximum atomic E-state index is 12.7. The summed E-state index contributed by atoms with van der Waals surface area (Å²) in [5.41, 5.74) is 2.53. The lowest BCUT2D eigenvalue weighted by Gasteiger charge is -2.30. The molecule has 25 heavy (non-hydrogen) atoms. The minimum atomic E-state index is -3.57. The SMILES string of the molecule is CN1c2ccc(C(=O)N3CCOCC3)cc2-c2ccccc2S1(=O)=O. The molecule has 1 saturated heterocycles. The largest absolute Gasteiger partial charge is 0.378 e.